The van der Waals surface area contributed by atoms with Crippen LogP contribution in [0.1, 0.15) is 16.5 Å². The highest BCUT2D eigenvalue weighted by molar-refractivity contribution is 7.99. The second-order valence-electron chi connectivity index (χ2n) is 5.74. The number of rotatable bonds is 4. The van der Waals surface area contributed by atoms with Crippen LogP contribution in [-0.2, 0) is 14.3 Å². The van der Waals surface area contributed by atoms with Gasteiger partial charge in [0.05, 0.1) is 7.11 Å². The van der Waals surface area contributed by atoms with Gasteiger partial charge in [0.1, 0.15) is 11.4 Å². The summed E-state index contributed by atoms with van der Waals surface area (Å²) < 4.78 is 4.89. The summed E-state index contributed by atoms with van der Waals surface area (Å²) in [5.74, 6) is -0.208. The fourth-order valence-corrected chi connectivity index (χ4v) is 4.59. The van der Waals surface area contributed by atoms with E-state index in [9.17, 15) is 9.59 Å². The maximum absolute atomic E-state index is 12.9. The smallest absolute Gasteiger partial charge is 0.329 e. The summed E-state index contributed by atoms with van der Waals surface area (Å²) in [6, 6.07) is 16.3. The molecule has 1 amide bonds. The highest BCUT2D eigenvalue weighted by atomic mass is 35.5. The van der Waals surface area contributed by atoms with Gasteiger partial charge in [-0.3, -0.25) is 4.79 Å². The van der Waals surface area contributed by atoms with E-state index in [1.165, 1.54) is 24.9 Å². The number of thioether (sulfide) groups is 1. The van der Waals surface area contributed by atoms with Gasteiger partial charge in [0.15, 0.2) is 0 Å². The van der Waals surface area contributed by atoms with Crippen LogP contribution >= 0.6 is 23.4 Å². The van der Waals surface area contributed by atoms with Crippen molar-refractivity contribution in [2.24, 2.45) is 0 Å². The minimum Gasteiger partial charge on any atom is -0.467 e. The largest absolute Gasteiger partial charge is 0.467 e. The molecule has 1 saturated heterocycles. The van der Waals surface area contributed by atoms with Crippen molar-refractivity contribution < 1.29 is 14.3 Å². The van der Waals surface area contributed by atoms with Crippen molar-refractivity contribution in [2.45, 2.75) is 11.4 Å². The zero-order valence-corrected chi connectivity index (χ0v) is 15.7. The lowest BCUT2D eigenvalue weighted by Crippen LogP contribution is -2.42. The van der Waals surface area contributed by atoms with Gasteiger partial charge in [0, 0.05) is 22.4 Å². The van der Waals surface area contributed by atoms with Crippen molar-refractivity contribution in [3.63, 3.8) is 0 Å². The van der Waals surface area contributed by atoms with E-state index in [0.717, 1.165) is 11.1 Å². The molecule has 1 heterocycles. The second kappa shape index (κ2) is 8.43. The van der Waals surface area contributed by atoms with Crippen molar-refractivity contribution in [3.05, 3.63) is 76.8 Å². The topological polar surface area (TPSA) is 46.6 Å². The van der Waals surface area contributed by atoms with E-state index in [0.29, 0.717) is 10.8 Å². The molecule has 3 rings (SSSR count). The molecular formula is C20H18ClNO3S. The lowest BCUT2D eigenvalue weighted by Gasteiger charge is -2.27. The molecule has 0 N–H and O–H groups in total. The summed E-state index contributed by atoms with van der Waals surface area (Å²) >= 11 is 7.83. The number of hydrogen-bond acceptors (Lipinski definition) is 4. The lowest BCUT2D eigenvalue weighted by atomic mass is 10.1. The molecule has 134 valence electrons. The molecule has 26 heavy (non-hydrogen) atoms. The number of amides is 1. The lowest BCUT2D eigenvalue weighted by molar-refractivity contribution is -0.150. The van der Waals surface area contributed by atoms with Gasteiger partial charge in [-0.2, -0.15) is 0 Å². The maximum Gasteiger partial charge on any atom is 0.329 e. The molecule has 0 aromatic heterocycles. The van der Waals surface area contributed by atoms with Gasteiger partial charge in [-0.15, -0.1) is 11.8 Å². The van der Waals surface area contributed by atoms with Crippen LogP contribution in [0, 0.1) is 0 Å². The molecule has 0 aliphatic carbocycles. The van der Waals surface area contributed by atoms with Gasteiger partial charge >= 0.3 is 5.97 Å². The third-order valence-corrected chi connectivity index (χ3v) is 5.77. The number of ether oxygens (including phenoxy) is 1. The predicted molar refractivity (Wildman–Crippen MR) is 105 cm³/mol. The van der Waals surface area contributed by atoms with E-state index in [4.69, 9.17) is 16.3 Å². The molecule has 4 nitrogen and oxygen atoms in total. The quantitative estimate of drug-likeness (QED) is 0.583. The summed E-state index contributed by atoms with van der Waals surface area (Å²) in [4.78, 5) is 26.7. The molecule has 2 aromatic rings. The van der Waals surface area contributed by atoms with Gasteiger partial charge < -0.3 is 9.64 Å². The number of esters is 1. The minimum absolute atomic E-state index is 0.251. The predicted octanol–water partition coefficient (Wildman–Crippen LogP) is 4.17. The number of hydrogen-bond donors (Lipinski definition) is 0. The van der Waals surface area contributed by atoms with Crippen molar-refractivity contribution >= 4 is 41.3 Å². The molecule has 2 aromatic carbocycles. The third kappa shape index (κ3) is 3.94. The number of halogens is 1. The third-order valence-electron chi connectivity index (χ3n) is 4.12. The van der Waals surface area contributed by atoms with Crippen LogP contribution in [0.2, 0.25) is 5.02 Å². The Bertz CT molecular complexity index is 825. The maximum atomic E-state index is 12.9. The Hall–Kier alpha value is -2.24. The number of benzene rings is 2. The molecule has 2 unspecified atom stereocenters. The zero-order chi connectivity index (χ0) is 18.5. The molecule has 1 aliphatic rings. The normalized spacial score (nSPS) is 19.7. The van der Waals surface area contributed by atoms with Crippen molar-refractivity contribution in [1.29, 1.82) is 0 Å². The van der Waals surface area contributed by atoms with Crippen molar-refractivity contribution in [3.8, 4) is 0 Å². The van der Waals surface area contributed by atoms with Crippen LogP contribution < -0.4 is 0 Å². The van der Waals surface area contributed by atoms with Gasteiger partial charge in [-0.05, 0) is 17.7 Å². The Labute approximate surface area is 161 Å². The first-order chi connectivity index (χ1) is 12.6. The van der Waals surface area contributed by atoms with Gasteiger partial charge in [0.2, 0.25) is 5.91 Å². The SMILES string of the molecule is COC(=O)C1CSC(c2ccccc2Cl)N1C(=O)/C=C/c1ccccc1. The first-order valence-corrected chi connectivity index (χ1v) is 9.54. The molecule has 0 saturated carbocycles. The highest BCUT2D eigenvalue weighted by Crippen LogP contribution is 2.44. The van der Waals surface area contributed by atoms with E-state index < -0.39 is 12.0 Å². The number of carbonyl (C=O) groups is 2. The summed E-state index contributed by atoms with van der Waals surface area (Å²) in [6.07, 6.45) is 3.23. The van der Waals surface area contributed by atoms with Crippen LogP contribution in [0.3, 0.4) is 0 Å². The van der Waals surface area contributed by atoms with Crippen LogP contribution in [0.25, 0.3) is 6.08 Å². The second-order valence-corrected chi connectivity index (χ2v) is 7.26. The fraction of sp³-hybridized carbons (Fsp3) is 0.200. The van der Waals surface area contributed by atoms with E-state index in [1.807, 2.05) is 48.5 Å². The van der Waals surface area contributed by atoms with Crippen LogP contribution in [0.4, 0.5) is 0 Å². The Balaban J connectivity index is 1.91. The Morgan fingerprint density at radius 2 is 1.85 bits per heavy atom. The molecule has 1 aliphatic heterocycles. The molecule has 6 heteroatoms. The number of carbonyl (C=O) groups excluding carboxylic acids is 2. The number of methoxy groups -OCH3 is 1. The van der Waals surface area contributed by atoms with E-state index >= 15 is 0 Å². The van der Waals surface area contributed by atoms with E-state index in [-0.39, 0.29) is 11.3 Å². The summed E-state index contributed by atoms with van der Waals surface area (Å²) in [5.41, 5.74) is 1.73. The van der Waals surface area contributed by atoms with E-state index in [2.05, 4.69) is 0 Å². The van der Waals surface area contributed by atoms with Crippen molar-refractivity contribution in [2.75, 3.05) is 12.9 Å². The van der Waals surface area contributed by atoms with Gasteiger partial charge in [-0.1, -0.05) is 60.1 Å². The standard InChI is InChI=1S/C20H18ClNO3S/c1-25-20(24)17-13-26-19(15-9-5-6-10-16(15)21)22(17)18(23)12-11-14-7-3-2-4-8-14/h2-12,17,19H,13H2,1H3/b12-11+. The van der Waals surface area contributed by atoms with Crippen LogP contribution in [0.15, 0.2) is 60.7 Å². The molecular weight excluding hydrogens is 370 g/mol. The van der Waals surface area contributed by atoms with E-state index in [1.54, 1.807) is 17.0 Å². The fourth-order valence-electron chi connectivity index (χ4n) is 2.83. The summed E-state index contributed by atoms with van der Waals surface area (Å²) in [7, 11) is 1.33. The van der Waals surface area contributed by atoms with Gasteiger partial charge in [0.25, 0.3) is 0 Å². The van der Waals surface area contributed by atoms with Gasteiger partial charge in [-0.25, -0.2) is 4.79 Å². The summed E-state index contributed by atoms with van der Waals surface area (Å²) in [5, 5.41) is 0.237. The average Bonchev–Trinajstić information content (AvgIpc) is 3.11. The number of nitrogens with zero attached hydrogens (tertiary/aromatic N) is 1. The Kier molecular flexibility index (Phi) is 6.01. The molecule has 0 spiro atoms. The Morgan fingerprint density at radius 3 is 2.54 bits per heavy atom. The first-order valence-electron chi connectivity index (χ1n) is 8.11. The minimum atomic E-state index is -0.640. The van der Waals surface area contributed by atoms with Crippen molar-refractivity contribution in [1.82, 2.24) is 4.90 Å². The average molecular weight is 388 g/mol. The molecule has 2 atom stereocenters. The first kappa shape index (κ1) is 18.5. The van der Waals surface area contributed by atoms with Crippen LogP contribution in [-0.4, -0.2) is 35.7 Å². The highest BCUT2D eigenvalue weighted by Gasteiger charge is 2.42. The monoisotopic (exact) mass is 387 g/mol. The molecule has 0 radical (unpaired) electrons. The molecule has 0 bridgehead atoms. The Morgan fingerprint density at radius 1 is 1.15 bits per heavy atom. The zero-order valence-electron chi connectivity index (χ0n) is 14.2. The summed E-state index contributed by atoms with van der Waals surface area (Å²) in [6.45, 7) is 0. The van der Waals surface area contributed by atoms with Crippen LogP contribution in [0.5, 0.6) is 0 Å². The molecule has 1 fully saturated rings.